The van der Waals surface area contributed by atoms with Crippen LogP contribution in [0.15, 0.2) is 42.5 Å². The number of hydrogen-bond acceptors (Lipinski definition) is 4. The lowest BCUT2D eigenvalue weighted by atomic mass is 10.1. The predicted octanol–water partition coefficient (Wildman–Crippen LogP) is 3.00. The molecule has 0 bridgehead atoms. The van der Waals surface area contributed by atoms with E-state index in [2.05, 4.69) is 5.32 Å². The van der Waals surface area contributed by atoms with Crippen LogP contribution in [-0.2, 0) is 16.1 Å². The monoisotopic (exact) mass is 345 g/mol. The number of esters is 1. The van der Waals surface area contributed by atoms with Gasteiger partial charge >= 0.3 is 5.97 Å². The highest BCUT2D eigenvalue weighted by molar-refractivity contribution is 5.92. The highest BCUT2D eigenvalue weighted by Gasteiger charge is 2.19. The first-order valence-corrected chi connectivity index (χ1v) is 7.79. The van der Waals surface area contributed by atoms with Gasteiger partial charge in [0, 0.05) is 12.1 Å². The van der Waals surface area contributed by atoms with E-state index in [0.717, 1.165) is 11.6 Å². The van der Waals surface area contributed by atoms with Crippen molar-refractivity contribution in [3.63, 3.8) is 0 Å². The zero-order valence-electron chi connectivity index (χ0n) is 14.3. The van der Waals surface area contributed by atoms with E-state index in [1.165, 1.54) is 19.1 Å². The van der Waals surface area contributed by atoms with Crippen LogP contribution in [-0.4, -0.2) is 25.1 Å². The Kier molecular flexibility index (Phi) is 6.11. The Morgan fingerprint density at radius 3 is 2.60 bits per heavy atom. The number of halogens is 1. The van der Waals surface area contributed by atoms with Crippen LogP contribution in [0.3, 0.4) is 0 Å². The second-order valence-electron chi connectivity index (χ2n) is 5.54. The molecular formula is C19H20FNO4. The van der Waals surface area contributed by atoms with Crippen molar-refractivity contribution in [2.24, 2.45) is 0 Å². The van der Waals surface area contributed by atoms with Crippen LogP contribution in [0.25, 0.3) is 0 Å². The van der Waals surface area contributed by atoms with Crippen LogP contribution < -0.4 is 10.1 Å². The Morgan fingerprint density at radius 1 is 1.20 bits per heavy atom. The molecule has 1 N–H and O–H groups in total. The summed E-state index contributed by atoms with van der Waals surface area (Å²) in [6.07, 6.45) is -1.01. The number of amides is 1. The molecule has 2 rings (SSSR count). The fourth-order valence-corrected chi connectivity index (χ4v) is 2.18. The van der Waals surface area contributed by atoms with Crippen molar-refractivity contribution >= 4 is 11.9 Å². The lowest BCUT2D eigenvalue weighted by molar-refractivity contribution is -0.129. The number of hydrogen-bond donors (Lipinski definition) is 1. The minimum atomic E-state index is -1.01. The van der Waals surface area contributed by atoms with Crippen LogP contribution >= 0.6 is 0 Å². The van der Waals surface area contributed by atoms with Crippen molar-refractivity contribution in [2.75, 3.05) is 7.11 Å². The summed E-state index contributed by atoms with van der Waals surface area (Å²) in [5.41, 5.74) is 1.30. The summed E-state index contributed by atoms with van der Waals surface area (Å²) in [7, 11) is 1.55. The van der Waals surface area contributed by atoms with Gasteiger partial charge in [-0.3, -0.25) is 4.79 Å². The van der Waals surface area contributed by atoms with Crippen molar-refractivity contribution in [1.82, 2.24) is 5.32 Å². The van der Waals surface area contributed by atoms with Gasteiger partial charge in [-0.15, -0.1) is 0 Å². The van der Waals surface area contributed by atoms with Gasteiger partial charge in [0.2, 0.25) is 0 Å². The summed E-state index contributed by atoms with van der Waals surface area (Å²) in [5.74, 6) is -1.05. The molecule has 2 aromatic rings. The first kappa shape index (κ1) is 18.4. The Hall–Kier alpha value is -2.89. The third-order valence-corrected chi connectivity index (χ3v) is 3.71. The topological polar surface area (TPSA) is 64.6 Å². The van der Waals surface area contributed by atoms with Crippen LogP contribution in [0.4, 0.5) is 4.39 Å². The van der Waals surface area contributed by atoms with Crippen molar-refractivity contribution in [1.29, 1.82) is 0 Å². The lowest BCUT2D eigenvalue weighted by Gasteiger charge is -2.15. The zero-order valence-corrected chi connectivity index (χ0v) is 14.3. The van der Waals surface area contributed by atoms with Gasteiger partial charge in [0.15, 0.2) is 6.10 Å². The Morgan fingerprint density at radius 2 is 1.92 bits per heavy atom. The molecule has 0 saturated carbocycles. The van der Waals surface area contributed by atoms with E-state index >= 15 is 0 Å². The van der Waals surface area contributed by atoms with Crippen LogP contribution in [0.2, 0.25) is 0 Å². The molecule has 0 saturated heterocycles. The molecule has 1 amide bonds. The average Bonchev–Trinajstić information content (AvgIpc) is 2.61. The Labute approximate surface area is 145 Å². The third-order valence-electron chi connectivity index (χ3n) is 3.71. The summed E-state index contributed by atoms with van der Waals surface area (Å²) in [4.78, 5) is 24.1. The molecule has 0 radical (unpaired) electrons. The molecule has 6 heteroatoms. The van der Waals surface area contributed by atoms with Crippen molar-refractivity contribution < 1.29 is 23.5 Å². The third kappa shape index (κ3) is 4.79. The molecule has 132 valence electrons. The number of benzene rings is 2. The molecule has 0 heterocycles. The highest BCUT2D eigenvalue weighted by Crippen LogP contribution is 2.17. The van der Waals surface area contributed by atoms with Gasteiger partial charge in [0.1, 0.15) is 11.6 Å². The van der Waals surface area contributed by atoms with Gasteiger partial charge < -0.3 is 14.8 Å². The molecule has 5 nitrogen and oxygen atoms in total. The maximum absolute atomic E-state index is 13.5. The summed E-state index contributed by atoms with van der Waals surface area (Å²) >= 11 is 0. The van der Waals surface area contributed by atoms with Crippen LogP contribution in [0.5, 0.6) is 5.75 Å². The van der Waals surface area contributed by atoms with E-state index in [4.69, 9.17) is 9.47 Å². The number of nitrogens with one attached hydrogen (secondary N) is 1. The predicted molar refractivity (Wildman–Crippen MR) is 90.9 cm³/mol. The minimum absolute atomic E-state index is 0.0625. The van der Waals surface area contributed by atoms with E-state index in [1.54, 1.807) is 20.1 Å². The number of carbonyl (C=O) groups is 2. The minimum Gasteiger partial charge on any atom is -0.496 e. The van der Waals surface area contributed by atoms with Gasteiger partial charge in [0.25, 0.3) is 5.91 Å². The smallest absolute Gasteiger partial charge is 0.339 e. The van der Waals surface area contributed by atoms with E-state index in [-0.39, 0.29) is 12.1 Å². The normalized spacial score (nSPS) is 11.5. The first-order valence-electron chi connectivity index (χ1n) is 7.79. The number of para-hydroxylation sites is 1. The van der Waals surface area contributed by atoms with Gasteiger partial charge in [-0.05, 0) is 37.6 Å². The molecular weight excluding hydrogens is 325 g/mol. The molecule has 0 aromatic heterocycles. The van der Waals surface area contributed by atoms with E-state index in [0.29, 0.717) is 11.3 Å². The highest BCUT2D eigenvalue weighted by atomic mass is 19.1. The number of rotatable bonds is 6. The molecule has 0 fully saturated rings. The largest absolute Gasteiger partial charge is 0.496 e. The average molecular weight is 345 g/mol. The van der Waals surface area contributed by atoms with E-state index in [9.17, 15) is 14.0 Å². The second-order valence-corrected chi connectivity index (χ2v) is 5.54. The molecule has 0 aliphatic rings. The fourth-order valence-electron chi connectivity index (χ4n) is 2.18. The van der Waals surface area contributed by atoms with Crippen molar-refractivity contribution in [3.05, 3.63) is 65.0 Å². The molecule has 2 aromatic carbocycles. The van der Waals surface area contributed by atoms with Gasteiger partial charge in [-0.25, -0.2) is 9.18 Å². The number of aryl methyl sites for hydroxylation is 1. The maximum atomic E-state index is 13.5. The standard InChI is InChI=1S/C19H20FNO4/c1-12-8-9-14(10-16(12)20)19(23)25-13(2)18(22)21-11-15-6-4-5-7-17(15)24-3/h4-10,13H,11H2,1-3H3,(H,21,22)/t13-/m1/s1. The first-order chi connectivity index (χ1) is 11.9. The Bertz CT molecular complexity index is 776. The van der Waals surface area contributed by atoms with Crippen molar-refractivity contribution in [2.45, 2.75) is 26.5 Å². The molecule has 1 atom stereocenters. The zero-order chi connectivity index (χ0) is 18.4. The molecule has 25 heavy (non-hydrogen) atoms. The summed E-state index contributed by atoms with van der Waals surface area (Å²) < 4.78 is 23.8. The van der Waals surface area contributed by atoms with Gasteiger partial charge in [0.05, 0.1) is 12.7 Å². The lowest BCUT2D eigenvalue weighted by Crippen LogP contribution is -2.35. The van der Waals surface area contributed by atoms with Crippen LogP contribution in [0.1, 0.15) is 28.4 Å². The number of carbonyl (C=O) groups excluding carboxylic acids is 2. The van der Waals surface area contributed by atoms with Gasteiger partial charge in [-0.2, -0.15) is 0 Å². The fraction of sp³-hybridized carbons (Fsp3) is 0.263. The molecule has 0 unspecified atom stereocenters. The number of ether oxygens (including phenoxy) is 2. The summed E-state index contributed by atoms with van der Waals surface area (Å²) in [6.45, 7) is 3.29. The van der Waals surface area contributed by atoms with Gasteiger partial charge in [-0.1, -0.05) is 24.3 Å². The summed E-state index contributed by atoms with van der Waals surface area (Å²) in [6, 6.07) is 11.3. The van der Waals surface area contributed by atoms with E-state index in [1.807, 2.05) is 18.2 Å². The van der Waals surface area contributed by atoms with E-state index < -0.39 is 23.8 Å². The quantitative estimate of drug-likeness (QED) is 0.818. The summed E-state index contributed by atoms with van der Waals surface area (Å²) in [5, 5.41) is 2.68. The molecule has 0 aliphatic carbocycles. The number of methoxy groups -OCH3 is 1. The second kappa shape index (κ2) is 8.28. The van der Waals surface area contributed by atoms with Crippen LogP contribution in [0, 0.1) is 12.7 Å². The van der Waals surface area contributed by atoms with Crippen molar-refractivity contribution in [3.8, 4) is 5.75 Å². The molecule has 0 spiro atoms. The Balaban J connectivity index is 1.93. The SMILES string of the molecule is COc1ccccc1CNC(=O)[C@@H](C)OC(=O)c1ccc(C)c(F)c1. The molecule has 0 aliphatic heterocycles. The maximum Gasteiger partial charge on any atom is 0.339 e.